The van der Waals surface area contributed by atoms with Crippen molar-refractivity contribution in [2.45, 2.75) is 11.1 Å². The Bertz CT molecular complexity index is 581. The Morgan fingerprint density at radius 1 is 1.68 bits per heavy atom. The van der Waals surface area contributed by atoms with E-state index in [-0.39, 0.29) is 30.6 Å². The van der Waals surface area contributed by atoms with Crippen LogP contribution >= 0.6 is 0 Å². The lowest BCUT2D eigenvalue weighted by Gasteiger charge is -2.30. The summed E-state index contributed by atoms with van der Waals surface area (Å²) in [6.07, 6.45) is 2.08. The van der Waals surface area contributed by atoms with E-state index in [0.717, 1.165) is 0 Å². The highest BCUT2D eigenvalue weighted by Gasteiger charge is 2.33. The minimum absolute atomic E-state index is 0.00516. The highest BCUT2D eigenvalue weighted by molar-refractivity contribution is 7.89. The fourth-order valence-corrected chi connectivity index (χ4v) is 3.13. The number of hydrogen-bond acceptors (Lipinski definition) is 6. The summed E-state index contributed by atoms with van der Waals surface area (Å²) in [5.41, 5.74) is 5.43. The van der Waals surface area contributed by atoms with Gasteiger partial charge in [-0.15, -0.1) is 0 Å². The summed E-state index contributed by atoms with van der Waals surface area (Å²) in [7, 11) is -2.00. The van der Waals surface area contributed by atoms with Crippen LogP contribution in [0.1, 0.15) is 0 Å². The molecule has 1 saturated heterocycles. The molecule has 10 heteroatoms. The van der Waals surface area contributed by atoms with Crippen molar-refractivity contribution >= 4 is 15.9 Å². The SMILES string of the molecule is Cn1cnc(S(=O)(=O)N2CCOC(C(N)=NO)C2)c1. The molecule has 0 spiro atoms. The maximum absolute atomic E-state index is 12.3. The van der Waals surface area contributed by atoms with Gasteiger partial charge in [0.1, 0.15) is 6.10 Å². The molecule has 1 aromatic rings. The van der Waals surface area contributed by atoms with Crippen LogP contribution in [0.3, 0.4) is 0 Å². The van der Waals surface area contributed by atoms with E-state index in [1.54, 1.807) is 11.6 Å². The van der Waals surface area contributed by atoms with Crippen molar-refractivity contribution in [1.29, 1.82) is 0 Å². The molecule has 1 fully saturated rings. The van der Waals surface area contributed by atoms with Crippen molar-refractivity contribution in [3.63, 3.8) is 0 Å². The summed E-state index contributed by atoms with van der Waals surface area (Å²) in [6, 6.07) is 0. The molecule has 19 heavy (non-hydrogen) atoms. The average Bonchev–Trinajstić information content (AvgIpc) is 2.85. The van der Waals surface area contributed by atoms with E-state index in [0.29, 0.717) is 0 Å². The lowest BCUT2D eigenvalue weighted by molar-refractivity contribution is 0.0354. The lowest BCUT2D eigenvalue weighted by atomic mass is 10.3. The Morgan fingerprint density at radius 2 is 2.42 bits per heavy atom. The highest BCUT2D eigenvalue weighted by Crippen LogP contribution is 2.17. The molecule has 0 aromatic carbocycles. The number of hydrogen-bond donors (Lipinski definition) is 2. The number of aromatic nitrogens is 2. The third kappa shape index (κ3) is 2.69. The average molecular weight is 289 g/mol. The van der Waals surface area contributed by atoms with E-state index in [4.69, 9.17) is 15.7 Å². The van der Waals surface area contributed by atoms with Crippen LogP contribution in [0.25, 0.3) is 0 Å². The molecule has 0 bridgehead atoms. The summed E-state index contributed by atoms with van der Waals surface area (Å²) in [5.74, 6) is -0.152. The number of ether oxygens (including phenoxy) is 1. The van der Waals surface area contributed by atoms with Crippen LogP contribution < -0.4 is 5.73 Å². The Labute approximate surface area is 110 Å². The number of morpholine rings is 1. The van der Waals surface area contributed by atoms with Crippen molar-refractivity contribution < 1.29 is 18.4 Å². The normalized spacial score (nSPS) is 22.6. The predicted molar refractivity (Wildman–Crippen MR) is 65.1 cm³/mol. The number of nitrogens with zero attached hydrogens (tertiary/aromatic N) is 4. The third-order valence-corrected chi connectivity index (χ3v) is 4.51. The standard InChI is InChI=1S/C9H15N5O4S/c1-13-5-8(11-6-13)19(16,17)14-2-3-18-7(4-14)9(10)12-15/h5-7,15H,2-4H2,1H3,(H2,10,12). The van der Waals surface area contributed by atoms with Gasteiger partial charge in [0.05, 0.1) is 12.9 Å². The van der Waals surface area contributed by atoms with Gasteiger partial charge in [-0.05, 0) is 0 Å². The van der Waals surface area contributed by atoms with Crippen LogP contribution in [0.5, 0.6) is 0 Å². The monoisotopic (exact) mass is 289 g/mol. The molecule has 0 amide bonds. The largest absolute Gasteiger partial charge is 0.409 e. The highest BCUT2D eigenvalue weighted by atomic mass is 32.2. The van der Waals surface area contributed by atoms with Crippen LogP contribution in [0.2, 0.25) is 0 Å². The van der Waals surface area contributed by atoms with Gasteiger partial charge in [0.2, 0.25) is 0 Å². The summed E-state index contributed by atoms with van der Waals surface area (Å²) in [4.78, 5) is 3.83. The first kappa shape index (κ1) is 13.8. The molecule has 1 aliphatic heterocycles. The van der Waals surface area contributed by atoms with Gasteiger partial charge < -0.3 is 20.2 Å². The minimum Gasteiger partial charge on any atom is -0.409 e. The molecule has 3 N–H and O–H groups in total. The number of aryl methyl sites for hydroxylation is 1. The first-order valence-electron chi connectivity index (χ1n) is 5.52. The molecule has 0 saturated carbocycles. The van der Waals surface area contributed by atoms with Gasteiger partial charge >= 0.3 is 0 Å². The van der Waals surface area contributed by atoms with Crippen molar-refractivity contribution in [3.05, 3.63) is 12.5 Å². The molecule has 2 heterocycles. The van der Waals surface area contributed by atoms with Crippen molar-refractivity contribution in [2.24, 2.45) is 17.9 Å². The number of amidine groups is 1. The Morgan fingerprint density at radius 3 is 3.00 bits per heavy atom. The van der Waals surface area contributed by atoms with E-state index >= 15 is 0 Å². The second-order valence-corrected chi connectivity index (χ2v) is 6.01. The molecule has 9 nitrogen and oxygen atoms in total. The van der Waals surface area contributed by atoms with Crippen LogP contribution in [-0.4, -0.2) is 59.1 Å². The zero-order valence-electron chi connectivity index (χ0n) is 10.3. The summed E-state index contributed by atoms with van der Waals surface area (Å²) in [5, 5.41) is 11.4. The van der Waals surface area contributed by atoms with Gasteiger partial charge in [0.25, 0.3) is 10.0 Å². The molecule has 1 unspecified atom stereocenters. The first-order valence-corrected chi connectivity index (χ1v) is 6.96. The van der Waals surface area contributed by atoms with E-state index in [1.165, 1.54) is 16.8 Å². The van der Waals surface area contributed by atoms with E-state index in [2.05, 4.69) is 10.1 Å². The molecule has 2 rings (SSSR count). The molecular formula is C9H15N5O4S. The topological polar surface area (TPSA) is 123 Å². The fourth-order valence-electron chi connectivity index (χ4n) is 1.74. The van der Waals surface area contributed by atoms with Crippen LogP contribution in [-0.2, 0) is 21.8 Å². The molecule has 1 aliphatic rings. The maximum Gasteiger partial charge on any atom is 0.262 e. The van der Waals surface area contributed by atoms with E-state index in [1.807, 2.05) is 0 Å². The van der Waals surface area contributed by atoms with E-state index in [9.17, 15) is 8.42 Å². The number of imidazole rings is 1. The maximum atomic E-state index is 12.3. The summed E-state index contributed by atoms with van der Waals surface area (Å²) < 4.78 is 32.6. The van der Waals surface area contributed by atoms with Crippen molar-refractivity contribution in [2.75, 3.05) is 19.7 Å². The Kier molecular flexibility index (Phi) is 3.73. The second kappa shape index (κ2) is 5.15. The smallest absolute Gasteiger partial charge is 0.262 e. The van der Waals surface area contributed by atoms with E-state index < -0.39 is 16.1 Å². The summed E-state index contributed by atoms with van der Waals surface area (Å²) >= 11 is 0. The van der Waals surface area contributed by atoms with Crippen molar-refractivity contribution in [1.82, 2.24) is 13.9 Å². The zero-order valence-corrected chi connectivity index (χ0v) is 11.1. The van der Waals surface area contributed by atoms with Gasteiger partial charge in [-0.1, -0.05) is 5.16 Å². The molecule has 1 atom stereocenters. The molecular weight excluding hydrogens is 274 g/mol. The van der Waals surface area contributed by atoms with Gasteiger partial charge in [0, 0.05) is 26.3 Å². The number of nitrogens with two attached hydrogens (primary N) is 1. The van der Waals surface area contributed by atoms with Gasteiger partial charge in [-0.25, -0.2) is 13.4 Å². The Hall–Kier alpha value is -1.65. The molecule has 0 radical (unpaired) electrons. The number of rotatable bonds is 3. The van der Waals surface area contributed by atoms with Crippen LogP contribution in [0, 0.1) is 0 Å². The van der Waals surface area contributed by atoms with Crippen molar-refractivity contribution in [3.8, 4) is 0 Å². The molecule has 106 valence electrons. The quantitative estimate of drug-likeness (QED) is 0.304. The van der Waals surface area contributed by atoms with Gasteiger partial charge in [-0.3, -0.25) is 0 Å². The molecule has 1 aromatic heterocycles. The van der Waals surface area contributed by atoms with Crippen LogP contribution in [0.4, 0.5) is 0 Å². The predicted octanol–water partition coefficient (Wildman–Crippen LogP) is -1.44. The lowest BCUT2D eigenvalue weighted by Crippen LogP contribution is -2.50. The minimum atomic E-state index is -3.69. The zero-order chi connectivity index (χ0) is 14.0. The molecule has 0 aliphatic carbocycles. The first-order chi connectivity index (χ1) is 8.95. The summed E-state index contributed by atoms with van der Waals surface area (Å²) in [6.45, 7) is 0.371. The Balaban J connectivity index is 2.21. The number of oxime groups is 1. The van der Waals surface area contributed by atoms with Gasteiger partial charge in [-0.2, -0.15) is 4.31 Å². The fraction of sp³-hybridized carbons (Fsp3) is 0.556. The van der Waals surface area contributed by atoms with Gasteiger partial charge in [0.15, 0.2) is 10.9 Å². The third-order valence-electron chi connectivity index (χ3n) is 2.76. The van der Waals surface area contributed by atoms with Crippen LogP contribution in [0.15, 0.2) is 22.7 Å². The second-order valence-electron chi connectivity index (χ2n) is 4.12. The number of sulfonamides is 1.